The standard InChI is InChI=1S/C15H18ClN3O3/c16-12-6-3-10(14-18-19-15(20)22-14)7-13(12)21-8-9-1-4-11(17)5-2-9/h3,6-7,9,11H,1-2,4-5,8,17H2,(H,19,20). The lowest BCUT2D eigenvalue weighted by Gasteiger charge is -2.26. The molecule has 0 atom stereocenters. The minimum absolute atomic E-state index is 0.218. The number of H-pyrrole nitrogens is 1. The number of hydrogen-bond acceptors (Lipinski definition) is 5. The molecule has 0 bridgehead atoms. The first kappa shape index (κ1) is 15.1. The fraction of sp³-hybridized carbons (Fsp3) is 0.467. The van der Waals surface area contributed by atoms with Crippen molar-refractivity contribution in [2.75, 3.05) is 6.61 Å². The topological polar surface area (TPSA) is 94.1 Å². The molecule has 7 heteroatoms. The lowest BCUT2D eigenvalue weighted by Crippen LogP contribution is -2.28. The van der Waals surface area contributed by atoms with E-state index in [1.807, 2.05) is 0 Å². The first-order chi connectivity index (χ1) is 10.6. The van der Waals surface area contributed by atoms with Crippen LogP contribution < -0.4 is 16.2 Å². The van der Waals surface area contributed by atoms with Crippen LogP contribution in [0.15, 0.2) is 27.4 Å². The van der Waals surface area contributed by atoms with Gasteiger partial charge in [0.15, 0.2) is 0 Å². The van der Waals surface area contributed by atoms with Crippen molar-refractivity contribution in [3.8, 4) is 17.2 Å². The van der Waals surface area contributed by atoms with Gasteiger partial charge in [0.1, 0.15) is 5.75 Å². The smallest absolute Gasteiger partial charge is 0.434 e. The highest BCUT2D eigenvalue weighted by molar-refractivity contribution is 6.32. The van der Waals surface area contributed by atoms with Gasteiger partial charge in [-0.3, -0.25) is 0 Å². The number of nitrogens with zero attached hydrogens (tertiary/aromatic N) is 1. The molecule has 1 saturated carbocycles. The number of hydrogen-bond donors (Lipinski definition) is 2. The van der Waals surface area contributed by atoms with Crippen LogP contribution in [0.2, 0.25) is 5.02 Å². The zero-order valence-corrected chi connectivity index (χ0v) is 12.8. The fourth-order valence-corrected chi connectivity index (χ4v) is 2.83. The predicted octanol–water partition coefficient (Wildman–Crippen LogP) is 2.58. The normalized spacial score (nSPS) is 21.7. The van der Waals surface area contributed by atoms with Crippen LogP contribution in [0.25, 0.3) is 11.5 Å². The number of ether oxygens (including phenoxy) is 1. The van der Waals surface area contributed by atoms with Crippen LogP contribution in [0.3, 0.4) is 0 Å². The van der Waals surface area contributed by atoms with Gasteiger partial charge in [-0.2, -0.15) is 0 Å². The molecule has 118 valence electrons. The van der Waals surface area contributed by atoms with Crippen LogP contribution in [-0.2, 0) is 0 Å². The van der Waals surface area contributed by atoms with Gasteiger partial charge >= 0.3 is 5.76 Å². The van der Waals surface area contributed by atoms with Crippen LogP contribution in [0, 0.1) is 5.92 Å². The van der Waals surface area contributed by atoms with Gasteiger partial charge < -0.3 is 14.9 Å². The molecule has 22 heavy (non-hydrogen) atoms. The Morgan fingerprint density at radius 3 is 2.82 bits per heavy atom. The van der Waals surface area contributed by atoms with Crippen molar-refractivity contribution in [1.82, 2.24) is 10.2 Å². The third-order valence-corrected chi connectivity index (χ3v) is 4.29. The van der Waals surface area contributed by atoms with E-state index in [1.54, 1.807) is 18.2 Å². The van der Waals surface area contributed by atoms with Crippen LogP contribution in [0.5, 0.6) is 5.75 Å². The van der Waals surface area contributed by atoms with Crippen molar-refractivity contribution >= 4 is 11.6 Å². The number of nitrogens with two attached hydrogens (primary N) is 1. The zero-order chi connectivity index (χ0) is 15.5. The van der Waals surface area contributed by atoms with Crippen molar-refractivity contribution in [1.29, 1.82) is 0 Å². The minimum Gasteiger partial charge on any atom is -0.492 e. The van der Waals surface area contributed by atoms with E-state index in [2.05, 4.69) is 10.2 Å². The molecule has 1 aliphatic rings. The second-order valence-corrected chi connectivity index (χ2v) is 6.06. The molecule has 0 saturated heterocycles. The number of benzene rings is 1. The highest BCUT2D eigenvalue weighted by atomic mass is 35.5. The Balaban J connectivity index is 1.69. The molecule has 1 aromatic heterocycles. The van der Waals surface area contributed by atoms with E-state index in [0.717, 1.165) is 25.7 Å². The first-order valence-corrected chi connectivity index (χ1v) is 7.73. The van der Waals surface area contributed by atoms with E-state index in [1.165, 1.54) is 0 Å². The molecule has 3 rings (SSSR count). The second kappa shape index (κ2) is 6.54. The molecule has 1 aliphatic carbocycles. The summed E-state index contributed by atoms with van der Waals surface area (Å²) in [5.41, 5.74) is 6.55. The molecule has 0 aliphatic heterocycles. The van der Waals surface area contributed by atoms with E-state index < -0.39 is 5.76 Å². The summed E-state index contributed by atoms with van der Waals surface area (Å²) in [7, 11) is 0. The first-order valence-electron chi connectivity index (χ1n) is 7.35. The summed E-state index contributed by atoms with van der Waals surface area (Å²) >= 11 is 6.16. The maximum absolute atomic E-state index is 11.0. The Hall–Kier alpha value is -1.79. The average molecular weight is 324 g/mol. The third kappa shape index (κ3) is 3.51. The fourth-order valence-electron chi connectivity index (χ4n) is 2.66. The summed E-state index contributed by atoms with van der Waals surface area (Å²) in [4.78, 5) is 11.0. The molecule has 0 spiro atoms. The van der Waals surface area contributed by atoms with E-state index in [9.17, 15) is 4.79 Å². The van der Waals surface area contributed by atoms with Crippen molar-refractivity contribution in [3.05, 3.63) is 33.8 Å². The molecular weight excluding hydrogens is 306 g/mol. The quantitative estimate of drug-likeness (QED) is 0.901. The molecule has 0 radical (unpaired) electrons. The van der Waals surface area contributed by atoms with Gasteiger partial charge in [-0.1, -0.05) is 11.6 Å². The van der Waals surface area contributed by atoms with Crippen molar-refractivity contribution < 1.29 is 9.15 Å². The van der Waals surface area contributed by atoms with E-state index in [-0.39, 0.29) is 5.89 Å². The molecule has 0 unspecified atom stereocenters. The van der Waals surface area contributed by atoms with Crippen molar-refractivity contribution in [3.63, 3.8) is 0 Å². The number of rotatable bonds is 4. The molecule has 1 fully saturated rings. The Morgan fingerprint density at radius 2 is 2.14 bits per heavy atom. The summed E-state index contributed by atoms with van der Waals surface area (Å²) in [6, 6.07) is 5.49. The Kier molecular flexibility index (Phi) is 4.49. The van der Waals surface area contributed by atoms with Crippen LogP contribution in [0.1, 0.15) is 25.7 Å². The van der Waals surface area contributed by atoms with Gasteiger partial charge in [-0.05, 0) is 49.8 Å². The molecule has 0 amide bonds. The average Bonchev–Trinajstić information content (AvgIpc) is 2.95. The summed E-state index contributed by atoms with van der Waals surface area (Å²) < 4.78 is 10.8. The molecule has 1 aromatic carbocycles. The number of halogens is 1. The maximum atomic E-state index is 11.0. The van der Waals surface area contributed by atoms with Gasteiger partial charge in [-0.25, -0.2) is 9.89 Å². The summed E-state index contributed by atoms with van der Waals surface area (Å²) in [5, 5.41) is 6.55. The van der Waals surface area contributed by atoms with E-state index >= 15 is 0 Å². The SMILES string of the molecule is NC1CCC(COc2cc(-c3n[nH]c(=O)o3)ccc2Cl)CC1. The molecule has 1 heterocycles. The Bertz CT molecular complexity index is 689. The third-order valence-electron chi connectivity index (χ3n) is 3.98. The van der Waals surface area contributed by atoms with E-state index in [4.69, 9.17) is 26.5 Å². The largest absolute Gasteiger partial charge is 0.492 e. The highest BCUT2D eigenvalue weighted by Gasteiger charge is 2.19. The van der Waals surface area contributed by atoms with Crippen molar-refractivity contribution in [2.24, 2.45) is 11.7 Å². The van der Waals surface area contributed by atoms with Gasteiger partial charge in [0.05, 0.1) is 11.6 Å². The molecule has 2 aromatic rings. The Morgan fingerprint density at radius 1 is 1.36 bits per heavy atom. The van der Waals surface area contributed by atoms with Gasteiger partial charge in [0.2, 0.25) is 5.89 Å². The number of aromatic amines is 1. The monoisotopic (exact) mass is 323 g/mol. The highest BCUT2D eigenvalue weighted by Crippen LogP contribution is 2.31. The predicted molar refractivity (Wildman–Crippen MR) is 83.0 cm³/mol. The van der Waals surface area contributed by atoms with Gasteiger partial charge in [0, 0.05) is 11.6 Å². The van der Waals surface area contributed by atoms with Gasteiger partial charge in [-0.15, -0.1) is 5.10 Å². The van der Waals surface area contributed by atoms with E-state index in [0.29, 0.717) is 34.9 Å². The lowest BCUT2D eigenvalue weighted by atomic mass is 9.87. The lowest BCUT2D eigenvalue weighted by molar-refractivity contribution is 0.200. The minimum atomic E-state index is -0.592. The number of nitrogens with one attached hydrogen (secondary N) is 1. The summed E-state index contributed by atoms with van der Waals surface area (Å²) in [6.45, 7) is 0.612. The van der Waals surface area contributed by atoms with Crippen LogP contribution in [-0.4, -0.2) is 22.8 Å². The summed E-state index contributed by atoms with van der Waals surface area (Å²) in [5.74, 6) is 0.698. The second-order valence-electron chi connectivity index (χ2n) is 5.66. The number of aromatic nitrogens is 2. The summed E-state index contributed by atoms with van der Waals surface area (Å²) in [6.07, 6.45) is 4.24. The van der Waals surface area contributed by atoms with Crippen LogP contribution in [0.4, 0.5) is 0 Å². The van der Waals surface area contributed by atoms with Gasteiger partial charge in [0.25, 0.3) is 0 Å². The van der Waals surface area contributed by atoms with Crippen LogP contribution >= 0.6 is 11.6 Å². The van der Waals surface area contributed by atoms with Crippen molar-refractivity contribution in [2.45, 2.75) is 31.7 Å². The maximum Gasteiger partial charge on any atom is 0.434 e. The molecular formula is C15H18ClN3O3. The molecule has 6 nitrogen and oxygen atoms in total. The molecule has 3 N–H and O–H groups in total. The zero-order valence-electron chi connectivity index (χ0n) is 12.0. The Labute approximate surface area is 132 Å².